The van der Waals surface area contributed by atoms with Crippen LogP contribution in [0.5, 0.6) is 0 Å². The Morgan fingerprint density at radius 1 is 1.05 bits per heavy atom. The van der Waals surface area contributed by atoms with Gasteiger partial charge in [-0.05, 0) is 74.5 Å². The summed E-state index contributed by atoms with van der Waals surface area (Å²) in [6.07, 6.45) is 9.24. The fourth-order valence-electron chi connectivity index (χ4n) is 5.53. The molecule has 4 rings (SSSR count). The van der Waals surface area contributed by atoms with Crippen LogP contribution in [-0.4, -0.2) is 11.9 Å². The molecule has 0 heterocycles. The Balaban J connectivity index is 1.66. The Morgan fingerprint density at radius 2 is 1.53 bits per heavy atom. The van der Waals surface area contributed by atoms with Crippen molar-refractivity contribution >= 4 is 5.91 Å². The highest BCUT2D eigenvalue weighted by atomic mass is 16.1. The van der Waals surface area contributed by atoms with Crippen molar-refractivity contribution in [3.63, 3.8) is 0 Å². The quantitative estimate of drug-likeness (QED) is 0.822. The molecule has 4 bridgehead atoms. The monoisotopic (exact) mass is 263 g/mol. The molecule has 19 heavy (non-hydrogen) atoms. The van der Waals surface area contributed by atoms with Gasteiger partial charge < -0.3 is 5.32 Å². The third-order valence-electron chi connectivity index (χ3n) is 5.98. The molecular formula is C17H29NO. The van der Waals surface area contributed by atoms with E-state index in [2.05, 4.69) is 26.1 Å². The van der Waals surface area contributed by atoms with Crippen LogP contribution >= 0.6 is 0 Å². The topological polar surface area (TPSA) is 29.1 Å². The van der Waals surface area contributed by atoms with Crippen molar-refractivity contribution in [3.05, 3.63) is 0 Å². The standard InChI is InChI=1S/C17H29NO/c1-11(2)4-16(19)18-12(3)17-8-13-5-14(9-17)7-15(6-13)10-17/h11-15H,4-10H2,1-3H3,(H,18,19). The summed E-state index contributed by atoms with van der Waals surface area (Å²) in [5, 5.41) is 3.33. The van der Waals surface area contributed by atoms with Crippen LogP contribution in [0.25, 0.3) is 0 Å². The molecule has 4 fully saturated rings. The third kappa shape index (κ3) is 2.55. The second-order valence-electron chi connectivity index (χ2n) is 8.17. The van der Waals surface area contributed by atoms with Gasteiger partial charge in [0.15, 0.2) is 0 Å². The molecule has 2 heteroatoms. The smallest absolute Gasteiger partial charge is 0.220 e. The molecule has 4 aliphatic rings. The van der Waals surface area contributed by atoms with Crippen LogP contribution in [0.15, 0.2) is 0 Å². The van der Waals surface area contributed by atoms with Crippen molar-refractivity contribution in [3.8, 4) is 0 Å². The number of rotatable bonds is 4. The highest BCUT2D eigenvalue weighted by Crippen LogP contribution is 2.61. The maximum atomic E-state index is 12.0. The number of nitrogens with one attached hydrogen (secondary N) is 1. The normalized spacial score (nSPS) is 41.6. The van der Waals surface area contributed by atoms with Crippen LogP contribution < -0.4 is 5.32 Å². The van der Waals surface area contributed by atoms with Crippen LogP contribution in [0.4, 0.5) is 0 Å². The molecule has 0 aromatic rings. The number of hydrogen-bond acceptors (Lipinski definition) is 1. The SMILES string of the molecule is CC(C)CC(=O)NC(C)C12CC3CC(CC(C3)C1)C2. The van der Waals surface area contributed by atoms with Gasteiger partial charge in [-0.25, -0.2) is 0 Å². The molecule has 0 aliphatic heterocycles. The number of carbonyl (C=O) groups excluding carboxylic acids is 1. The Bertz CT molecular complexity index is 325. The minimum atomic E-state index is 0.262. The van der Waals surface area contributed by atoms with Gasteiger partial charge in [0.1, 0.15) is 0 Å². The van der Waals surface area contributed by atoms with Gasteiger partial charge >= 0.3 is 0 Å². The van der Waals surface area contributed by atoms with Gasteiger partial charge in [0.05, 0.1) is 0 Å². The first kappa shape index (κ1) is 13.5. The molecule has 4 saturated carbocycles. The summed E-state index contributed by atoms with van der Waals surface area (Å²) in [5.41, 5.74) is 0.446. The van der Waals surface area contributed by atoms with Crippen molar-refractivity contribution in [2.24, 2.45) is 29.1 Å². The minimum absolute atomic E-state index is 0.262. The fourth-order valence-corrected chi connectivity index (χ4v) is 5.53. The van der Waals surface area contributed by atoms with Crippen molar-refractivity contribution in [1.29, 1.82) is 0 Å². The summed E-state index contributed by atoms with van der Waals surface area (Å²) in [7, 11) is 0. The fraction of sp³-hybridized carbons (Fsp3) is 0.941. The Morgan fingerprint density at radius 3 is 1.95 bits per heavy atom. The average molecular weight is 263 g/mol. The molecule has 0 aromatic carbocycles. The highest BCUT2D eigenvalue weighted by molar-refractivity contribution is 5.76. The minimum Gasteiger partial charge on any atom is -0.353 e. The lowest BCUT2D eigenvalue weighted by Crippen LogP contribution is -2.55. The van der Waals surface area contributed by atoms with Gasteiger partial charge in [-0.15, -0.1) is 0 Å². The highest BCUT2D eigenvalue weighted by Gasteiger charge is 2.53. The van der Waals surface area contributed by atoms with E-state index < -0.39 is 0 Å². The first-order chi connectivity index (χ1) is 8.97. The summed E-state index contributed by atoms with van der Waals surface area (Å²) in [6, 6.07) is 0.382. The summed E-state index contributed by atoms with van der Waals surface area (Å²) < 4.78 is 0. The molecule has 1 N–H and O–H groups in total. The molecule has 4 aliphatic carbocycles. The van der Waals surface area contributed by atoms with Gasteiger partial charge in [-0.3, -0.25) is 4.79 Å². The lowest BCUT2D eigenvalue weighted by atomic mass is 9.48. The average Bonchev–Trinajstić information content (AvgIpc) is 2.25. The first-order valence-corrected chi connectivity index (χ1v) is 8.26. The van der Waals surface area contributed by atoms with Gasteiger partial charge in [0.2, 0.25) is 5.91 Å². The van der Waals surface area contributed by atoms with Gasteiger partial charge in [-0.1, -0.05) is 13.8 Å². The molecule has 108 valence electrons. The molecule has 1 atom stereocenters. The molecule has 2 nitrogen and oxygen atoms in total. The van der Waals surface area contributed by atoms with E-state index in [1.807, 2.05) is 0 Å². The largest absolute Gasteiger partial charge is 0.353 e. The molecular weight excluding hydrogens is 234 g/mol. The van der Waals surface area contributed by atoms with E-state index in [4.69, 9.17) is 0 Å². The van der Waals surface area contributed by atoms with Gasteiger partial charge in [0, 0.05) is 12.5 Å². The second kappa shape index (κ2) is 4.79. The Hall–Kier alpha value is -0.530. The summed E-state index contributed by atoms with van der Waals surface area (Å²) in [5.74, 6) is 3.63. The van der Waals surface area contributed by atoms with E-state index >= 15 is 0 Å². The lowest BCUT2D eigenvalue weighted by molar-refractivity contribution is -0.126. The summed E-state index contributed by atoms with van der Waals surface area (Å²) >= 11 is 0. The van der Waals surface area contributed by atoms with Crippen molar-refractivity contribution in [2.45, 2.75) is 71.8 Å². The maximum absolute atomic E-state index is 12.0. The molecule has 0 spiro atoms. The van der Waals surface area contributed by atoms with Crippen molar-refractivity contribution < 1.29 is 4.79 Å². The zero-order valence-corrected chi connectivity index (χ0v) is 12.7. The molecule has 1 unspecified atom stereocenters. The Kier molecular flexibility index (Phi) is 3.39. The second-order valence-corrected chi connectivity index (χ2v) is 8.17. The number of amides is 1. The van der Waals surface area contributed by atoms with E-state index in [0.29, 0.717) is 23.8 Å². The van der Waals surface area contributed by atoms with E-state index in [-0.39, 0.29) is 5.91 Å². The molecule has 0 aromatic heterocycles. The molecule has 0 saturated heterocycles. The van der Waals surface area contributed by atoms with Gasteiger partial charge in [0.25, 0.3) is 0 Å². The summed E-state index contributed by atoms with van der Waals surface area (Å²) in [4.78, 5) is 12.0. The van der Waals surface area contributed by atoms with Crippen LogP contribution in [0.1, 0.15) is 65.7 Å². The van der Waals surface area contributed by atoms with Gasteiger partial charge in [-0.2, -0.15) is 0 Å². The third-order valence-corrected chi connectivity index (χ3v) is 5.98. The zero-order chi connectivity index (χ0) is 13.6. The molecule has 0 radical (unpaired) electrons. The van der Waals surface area contributed by atoms with Crippen LogP contribution in [0, 0.1) is 29.1 Å². The predicted molar refractivity (Wildman–Crippen MR) is 77.7 cm³/mol. The Labute approximate surface area is 117 Å². The van der Waals surface area contributed by atoms with Crippen LogP contribution in [-0.2, 0) is 4.79 Å². The lowest BCUT2D eigenvalue weighted by Gasteiger charge is -2.59. The van der Waals surface area contributed by atoms with Crippen LogP contribution in [0.3, 0.4) is 0 Å². The first-order valence-electron chi connectivity index (χ1n) is 8.26. The van der Waals surface area contributed by atoms with Crippen molar-refractivity contribution in [2.75, 3.05) is 0 Å². The summed E-state index contributed by atoms with van der Waals surface area (Å²) in [6.45, 7) is 6.51. The molecule has 1 amide bonds. The maximum Gasteiger partial charge on any atom is 0.220 e. The van der Waals surface area contributed by atoms with E-state index in [1.165, 1.54) is 38.5 Å². The van der Waals surface area contributed by atoms with E-state index in [1.54, 1.807) is 0 Å². The zero-order valence-electron chi connectivity index (χ0n) is 12.7. The number of hydrogen-bond donors (Lipinski definition) is 1. The van der Waals surface area contributed by atoms with E-state index in [9.17, 15) is 4.79 Å². The predicted octanol–water partition coefficient (Wildman–Crippen LogP) is 3.75. The van der Waals surface area contributed by atoms with Crippen LogP contribution in [0.2, 0.25) is 0 Å². The van der Waals surface area contributed by atoms with Crippen molar-refractivity contribution in [1.82, 2.24) is 5.32 Å². The number of carbonyl (C=O) groups is 1. The van der Waals surface area contributed by atoms with E-state index in [0.717, 1.165) is 17.8 Å².